The molecule has 90 valence electrons. The molecule has 0 aliphatic carbocycles. The summed E-state index contributed by atoms with van der Waals surface area (Å²) >= 11 is 4.83. The molecule has 0 atom stereocenters. The second kappa shape index (κ2) is 5.37. The van der Waals surface area contributed by atoms with E-state index in [9.17, 15) is 4.79 Å². The van der Waals surface area contributed by atoms with Gasteiger partial charge in [-0.3, -0.25) is 4.98 Å². The first-order valence-electron chi connectivity index (χ1n) is 5.19. The van der Waals surface area contributed by atoms with E-state index in [1.54, 1.807) is 42.6 Å². The van der Waals surface area contributed by atoms with Crippen molar-refractivity contribution in [3.63, 3.8) is 0 Å². The molecular weight excluding hydrogens is 248 g/mol. The van der Waals surface area contributed by atoms with Gasteiger partial charge in [0, 0.05) is 18.0 Å². The number of nitrogens with zero attached hydrogens (tertiary/aromatic N) is 1. The van der Waals surface area contributed by atoms with Crippen molar-refractivity contribution < 1.29 is 9.53 Å². The van der Waals surface area contributed by atoms with Gasteiger partial charge in [-0.05, 0) is 36.4 Å². The fraction of sp³-hybridized carbons (Fsp3) is 0. The molecule has 4 nitrogen and oxygen atoms in total. The van der Waals surface area contributed by atoms with Gasteiger partial charge in [-0.2, -0.15) is 0 Å². The number of carbonyl (C=O) groups excluding carboxylic acids is 1. The number of nitrogens with two attached hydrogens (primary N) is 1. The first-order chi connectivity index (χ1) is 8.66. The summed E-state index contributed by atoms with van der Waals surface area (Å²) in [5.41, 5.74) is 6.60. The van der Waals surface area contributed by atoms with Gasteiger partial charge in [0.05, 0.1) is 5.56 Å². The molecule has 1 aromatic carbocycles. The van der Waals surface area contributed by atoms with Crippen LogP contribution in [0.25, 0.3) is 0 Å². The fourth-order valence-electron chi connectivity index (χ4n) is 1.34. The third kappa shape index (κ3) is 2.89. The van der Waals surface area contributed by atoms with Crippen LogP contribution in [0.4, 0.5) is 0 Å². The lowest BCUT2D eigenvalue weighted by atomic mass is 10.2. The van der Waals surface area contributed by atoms with Gasteiger partial charge in [0.15, 0.2) is 0 Å². The van der Waals surface area contributed by atoms with Crippen molar-refractivity contribution in [3.8, 4) is 5.75 Å². The lowest BCUT2D eigenvalue weighted by Crippen LogP contribution is -2.10. The second-order valence-electron chi connectivity index (χ2n) is 3.52. The highest BCUT2D eigenvalue weighted by Gasteiger charge is 2.08. The number of ether oxygens (including phenoxy) is 1. The summed E-state index contributed by atoms with van der Waals surface area (Å²) in [6.45, 7) is 0. The number of benzene rings is 1. The van der Waals surface area contributed by atoms with Crippen molar-refractivity contribution in [1.82, 2.24) is 4.98 Å². The first-order valence-corrected chi connectivity index (χ1v) is 5.60. The number of rotatable bonds is 3. The van der Waals surface area contributed by atoms with E-state index in [-0.39, 0.29) is 0 Å². The minimum atomic E-state index is -0.453. The van der Waals surface area contributed by atoms with Gasteiger partial charge in [-0.25, -0.2) is 4.79 Å². The normalized spacial score (nSPS) is 9.78. The highest BCUT2D eigenvalue weighted by Crippen LogP contribution is 2.14. The van der Waals surface area contributed by atoms with Crippen molar-refractivity contribution in [2.45, 2.75) is 0 Å². The Hall–Kier alpha value is -2.27. The van der Waals surface area contributed by atoms with Crippen LogP contribution in [0.5, 0.6) is 5.75 Å². The summed E-state index contributed by atoms with van der Waals surface area (Å²) < 4.78 is 5.17. The Kier molecular flexibility index (Phi) is 3.64. The van der Waals surface area contributed by atoms with Crippen LogP contribution in [0, 0.1) is 0 Å². The van der Waals surface area contributed by atoms with Crippen molar-refractivity contribution in [3.05, 3.63) is 59.9 Å². The quantitative estimate of drug-likeness (QED) is 0.518. The number of esters is 1. The highest BCUT2D eigenvalue weighted by atomic mass is 32.1. The zero-order valence-electron chi connectivity index (χ0n) is 9.37. The smallest absolute Gasteiger partial charge is 0.345 e. The number of aromatic nitrogens is 1. The predicted molar refractivity (Wildman–Crippen MR) is 71.5 cm³/mol. The Morgan fingerprint density at radius 1 is 1.17 bits per heavy atom. The molecule has 0 saturated heterocycles. The maximum atomic E-state index is 11.7. The van der Waals surface area contributed by atoms with Gasteiger partial charge >= 0.3 is 5.97 Å². The van der Waals surface area contributed by atoms with Crippen molar-refractivity contribution in [2.75, 3.05) is 0 Å². The van der Waals surface area contributed by atoms with Gasteiger partial charge in [-0.15, -0.1) is 0 Å². The van der Waals surface area contributed by atoms with Crippen LogP contribution in [0.2, 0.25) is 0 Å². The maximum absolute atomic E-state index is 11.7. The molecule has 18 heavy (non-hydrogen) atoms. The Labute approximate surface area is 109 Å². The van der Waals surface area contributed by atoms with E-state index in [0.29, 0.717) is 16.3 Å². The molecule has 0 amide bonds. The van der Waals surface area contributed by atoms with Gasteiger partial charge in [0.2, 0.25) is 0 Å². The first kappa shape index (κ1) is 12.2. The van der Waals surface area contributed by atoms with Gasteiger partial charge in [-0.1, -0.05) is 12.2 Å². The molecule has 1 heterocycles. The molecule has 2 rings (SSSR count). The molecule has 5 heteroatoms. The topological polar surface area (TPSA) is 65.2 Å². The zero-order chi connectivity index (χ0) is 13.0. The van der Waals surface area contributed by atoms with E-state index in [0.717, 1.165) is 5.56 Å². The summed E-state index contributed by atoms with van der Waals surface area (Å²) in [6, 6.07) is 10.00. The van der Waals surface area contributed by atoms with Gasteiger partial charge < -0.3 is 10.5 Å². The van der Waals surface area contributed by atoms with E-state index in [1.165, 1.54) is 6.20 Å². The summed E-state index contributed by atoms with van der Waals surface area (Å²) in [5.74, 6) is -0.0185. The SMILES string of the molecule is NC(=S)c1ccc(OC(=O)c2cccnc2)cc1. The summed E-state index contributed by atoms with van der Waals surface area (Å²) in [6.07, 6.45) is 3.04. The fourth-order valence-corrected chi connectivity index (χ4v) is 1.47. The molecule has 0 radical (unpaired) electrons. The van der Waals surface area contributed by atoms with Crippen LogP contribution in [-0.2, 0) is 0 Å². The Balaban J connectivity index is 2.10. The lowest BCUT2D eigenvalue weighted by Gasteiger charge is -2.04. The molecule has 0 fully saturated rings. The molecule has 1 aromatic heterocycles. The van der Waals surface area contributed by atoms with Crippen LogP contribution in [-0.4, -0.2) is 15.9 Å². The summed E-state index contributed by atoms with van der Waals surface area (Å²) in [7, 11) is 0. The summed E-state index contributed by atoms with van der Waals surface area (Å²) in [5, 5.41) is 0. The van der Waals surface area contributed by atoms with E-state index in [1.807, 2.05) is 0 Å². The lowest BCUT2D eigenvalue weighted by molar-refractivity contribution is 0.0734. The minimum Gasteiger partial charge on any atom is -0.423 e. The average molecular weight is 258 g/mol. The third-order valence-electron chi connectivity index (χ3n) is 2.25. The van der Waals surface area contributed by atoms with Gasteiger partial charge in [0.25, 0.3) is 0 Å². The Bertz CT molecular complexity index is 567. The molecule has 0 saturated carbocycles. The molecule has 0 unspecified atom stereocenters. The number of pyridine rings is 1. The standard InChI is InChI=1S/C13H10N2O2S/c14-12(18)9-3-5-11(6-4-9)17-13(16)10-2-1-7-15-8-10/h1-8H,(H2,14,18). The second-order valence-corrected chi connectivity index (χ2v) is 3.96. The molecule has 0 spiro atoms. The monoisotopic (exact) mass is 258 g/mol. The van der Waals surface area contributed by atoms with Crippen LogP contribution in [0.15, 0.2) is 48.8 Å². The molecular formula is C13H10N2O2S. The molecule has 0 aliphatic heterocycles. The highest BCUT2D eigenvalue weighted by molar-refractivity contribution is 7.80. The van der Waals surface area contributed by atoms with Crippen molar-refractivity contribution >= 4 is 23.2 Å². The van der Waals surface area contributed by atoms with Gasteiger partial charge in [0.1, 0.15) is 10.7 Å². The Morgan fingerprint density at radius 3 is 2.44 bits per heavy atom. The van der Waals surface area contributed by atoms with E-state index in [2.05, 4.69) is 4.98 Å². The van der Waals surface area contributed by atoms with Crippen molar-refractivity contribution in [1.29, 1.82) is 0 Å². The van der Waals surface area contributed by atoms with Crippen LogP contribution in [0.3, 0.4) is 0 Å². The third-order valence-corrected chi connectivity index (χ3v) is 2.48. The van der Waals surface area contributed by atoms with Crippen LogP contribution < -0.4 is 10.5 Å². The predicted octanol–water partition coefficient (Wildman–Crippen LogP) is 1.94. The van der Waals surface area contributed by atoms with Crippen LogP contribution in [0.1, 0.15) is 15.9 Å². The maximum Gasteiger partial charge on any atom is 0.345 e. The van der Waals surface area contributed by atoms with Crippen molar-refractivity contribution in [2.24, 2.45) is 5.73 Å². The number of thiocarbonyl (C=S) groups is 1. The van der Waals surface area contributed by atoms with Crippen LogP contribution >= 0.6 is 12.2 Å². The summed E-state index contributed by atoms with van der Waals surface area (Å²) in [4.78, 5) is 15.9. The largest absolute Gasteiger partial charge is 0.423 e. The van der Waals surface area contributed by atoms with E-state index >= 15 is 0 Å². The molecule has 2 aromatic rings. The number of hydrogen-bond donors (Lipinski definition) is 1. The Morgan fingerprint density at radius 2 is 1.89 bits per heavy atom. The average Bonchev–Trinajstić information content (AvgIpc) is 2.40. The molecule has 0 bridgehead atoms. The molecule has 0 aliphatic rings. The number of hydrogen-bond acceptors (Lipinski definition) is 4. The van der Waals surface area contributed by atoms with E-state index < -0.39 is 5.97 Å². The minimum absolute atomic E-state index is 0.306. The van der Waals surface area contributed by atoms with E-state index in [4.69, 9.17) is 22.7 Å². The zero-order valence-corrected chi connectivity index (χ0v) is 10.2. The number of carbonyl (C=O) groups is 1. The molecule has 2 N–H and O–H groups in total.